The molecule has 4 N–H and O–H groups in total. The molecule has 0 aliphatic carbocycles. The molecule has 0 bridgehead atoms. The molecule has 0 aromatic rings. The van der Waals surface area contributed by atoms with E-state index in [0.29, 0.717) is 12.8 Å². The minimum atomic E-state index is -1.86. The molecule has 0 aromatic heterocycles. The van der Waals surface area contributed by atoms with Gasteiger partial charge in [-0.25, -0.2) is 4.79 Å². The molecule has 1 heterocycles. The molecule has 1 rings (SSSR count). The average molecular weight is 793 g/mol. The van der Waals surface area contributed by atoms with Crippen molar-refractivity contribution >= 4 is 17.9 Å². The SMILES string of the molecule is CCCC/C=C\CCCCCCCC(=O)OC(COC(=O)CCCCCCCC/C=C\C/C=C\C/C=C\CCCCC)COC1OC(C(=O)O)C(O)C(O)C1O. The second-order valence-electron chi connectivity index (χ2n) is 14.8. The number of aliphatic carboxylic acids is 1. The Morgan fingerprint density at radius 1 is 0.554 bits per heavy atom. The Balaban J connectivity index is 2.37. The highest BCUT2D eigenvalue weighted by molar-refractivity contribution is 5.73. The van der Waals surface area contributed by atoms with E-state index < -0.39 is 61.3 Å². The summed E-state index contributed by atoms with van der Waals surface area (Å²) >= 11 is 0. The first kappa shape index (κ1) is 51.2. The number of carbonyl (C=O) groups is 3. The molecule has 11 heteroatoms. The molecule has 0 saturated carbocycles. The highest BCUT2D eigenvalue weighted by Gasteiger charge is 2.47. The maximum Gasteiger partial charge on any atom is 0.335 e. The summed E-state index contributed by atoms with van der Waals surface area (Å²) in [4.78, 5) is 36.7. The summed E-state index contributed by atoms with van der Waals surface area (Å²) in [6.07, 6.45) is 31.7. The van der Waals surface area contributed by atoms with Crippen molar-refractivity contribution in [2.75, 3.05) is 13.2 Å². The fourth-order valence-electron chi connectivity index (χ4n) is 6.16. The van der Waals surface area contributed by atoms with Crippen LogP contribution < -0.4 is 0 Å². The molecule has 0 spiro atoms. The monoisotopic (exact) mass is 793 g/mol. The number of carboxylic acids is 1. The van der Waals surface area contributed by atoms with E-state index in [2.05, 4.69) is 62.5 Å². The van der Waals surface area contributed by atoms with E-state index in [1.807, 2.05) is 0 Å². The zero-order chi connectivity index (χ0) is 41.1. The van der Waals surface area contributed by atoms with Gasteiger partial charge in [0.1, 0.15) is 24.9 Å². The topological polar surface area (TPSA) is 169 Å². The summed E-state index contributed by atoms with van der Waals surface area (Å²) < 4.78 is 21.7. The van der Waals surface area contributed by atoms with Gasteiger partial charge in [0.2, 0.25) is 0 Å². The molecule has 322 valence electrons. The van der Waals surface area contributed by atoms with Crippen molar-refractivity contribution in [3.8, 4) is 0 Å². The number of carbonyl (C=O) groups excluding carboxylic acids is 2. The lowest BCUT2D eigenvalue weighted by molar-refractivity contribution is -0.298. The lowest BCUT2D eigenvalue weighted by atomic mass is 9.99. The highest BCUT2D eigenvalue weighted by atomic mass is 16.7. The minimum absolute atomic E-state index is 0.168. The summed E-state index contributed by atoms with van der Waals surface area (Å²) in [7, 11) is 0. The van der Waals surface area contributed by atoms with Crippen molar-refractivity contribution in [2.24, 2.45) is 0 Å². The van der Waals surface area contributed by atoms with Gasteiger partial charge in [-0.2, -0.15) is 0 Å². The number of hydrogen-bond donors (Lipinski definition) is 4. The average Bonchev–Trinajstić information content (AvgIpc) is 3.18. The van der Waals surface area contributed by atoms with Crippen LogP contribution in [-0.4, -0.2) is 88.4 Å². The summed E-state index contributed by atoms with van der Waals surface area (Å²) in [6.45, 7) is 3.71. The van der Waals surface area contributed by atoms with Crippen molar-refractivity contribution in [3.63, 3.8) is 0 Å². The number of aliphatic hydroxyl groups is 3. The van der Waals surface area contributed by atoms with E-state index >= 15 is 0 Å². The van der Waals surface area contributed by atoms with Crippen molar-refractivity contribution in [2.45, 2.75) is 205 Å². The second-order valence-corrected chi connectivity index (χ2v) is 14.8. The van der Waals surface area contributed by atoms with Gasteiger partial charge in [0, 0.05) is 12.8 Å². The Hall–Kier alpha value is -2.83. The molecule has 1 saturated heterocycles. The standard InChI is InChI=1S/C45H76O11/c1-3-5-7-9-11-13-15-16-17-18-19-20-21-22-24-25-27-29-31-33-38(46)53-35-37(36-54-45-42(50)40(48)41(49)43(56-45)44(51)52)55-39(47)34-32-30-28-26-23-14-12-10-8-6-4-2/h10-13,16-17,19-20,37,40-43,45,48-50H,3-9,14-15,18,21-36H2,1-2H3,(H,51,52)/b12-10-,13-11-,17-16-,20-19-. The summed E-state index contributed by atoms with van der Waals surface area (Å²) in [6, 6.07) is 0. The Kier molecular flexibility index (Phi) is 32.3. The van der Waals surface area contributed by atoms with E-state index in [9.17, 15) is 34.8 Å². The number of unbranched alkanes of at least 4 members (excludes halogenated alkanes) is 16. The molecule has 56 heavy (non-hydrogen) atoms. The molecular weight excluding hydrogens is 716 g/mol. The van der Waals surface area contributed by atoms with Crippen LogP contribution >= 0.6 is 0 Å². The van der Waals surface area contributed by atoms with Gasteiger partial charge in [-0.05, 0) is 70.6 Å². The van der Waals surface area contributed by atoms with Crippen LogP contribution in [0, 0.1) is 0 Å². The van der Waals surface area contributed by atoms with Crippen molar-refractivity contribution in [1.29, 1.82) is 0 Å². The van der Waals surface area contributed by atoms with E-state index in [-0.39, 0.29) is 19.4 Å². The van der Waals surface area contributed by atoms with Crippen LogP contribution in [0.2, 0.25) is 0 Å². The van der Waals surface area contributed by atoms with Crippen LogP contribution in [0.5, 0.6) is 0 Å². The zero-order valence-electron chi connectivity index (χ0n) is 34.6. The maximum atomic E-state index is 12.7. The minimum Gasteiger partial charge on any atom is -0.479 e. The predicted molar refractivity (Wildman–Crippen MR) is 220 cm³/mol. The van der Waals surface area contributed by atoms with Gasteiger partial charge in [0.15, 0.2) is 18.5 Å². The largest absolute Gasteiger partial charge is 0.479 e. The summed E-state index contributed by atoms with van der Waals surface area (Å²) in [5, 5.41) is 39.7. The molecule has 1 aliphatic rings. The first-order chi connectivity index (χ1) is 27.2. The van der Waals surface area contributed by atoms with E-state index in [1.54, 1.807) is 0 Å². The molecule has 6 atom stereocenters. The lowest BCUT2D eigenvalue weighted by Gasteiger charge is -2.38. The number of ether oxygens (including phenoxy) is 4. The molecule has 6 unspecified atom stereocenters. The van der Waals surface area contributed by atoms with Crippen LogP contribution in [0.4, 0.5) is 0 Å². The normalized spacial score (nSPS) is 20.8. The first-order valence-corrected chi connectivity index (χ1v) is 21.7. The van der Waals surface area contributed by atoms with Crippen molar-refractivity contribution in [3.05, 3.63) is 48.6 Å². The van der Waals surface area contributed by atoms with E-state index in [1.165, 1.54) is 38.5 Å². The van der Waals surface area contributed by atoms with E-state index in [4.69, 9.17) is 18.9 Å². The number of carboxylic acid groups (broad SMARTS) is 1. The van der Waals surface area contributed by atoms with Gasteiger partial charge in [0.05, 0.1) is 6.61 Å². The summed E-state index contributed by atoms with van der Waals surface area (Å²) in [5.74, 6) is -2.48. The smallest absolute Gasteiger partial charge is 0.335 e. The summed E-state index contributed by atoms with van der Waals surface area (Å²) in [5.41, 5.74) is 0. The maximum absolute atomic E-state index is 12.7. The van der Waals surface area contributed by atoms with Crippen LogP contribution in [0.25, 0.3) is 0 Å². The van der Waals surface area contributed by atoms with Crippen LogP contribution in [0.3, 0.4) is 0 Å². The Morgan fingerprint density at radius 3 is 1.57 bits per heavy atom. The van der Waals surface area contributed by atoms with Gasteiger partial charge < -0.3 is 39.4 Å². The fraction of sp³-hybridized carbons (Fsp3) is 0.756. The molecule has 11 nitrogen and oxygen atoms in total. The van der Waals surface area contributed by atoms with Gasteiger partial charge in [-0.15, -0.1) is 0 Å². The number of aliphatic hydroxyl groups excluding tert-OH is 3. The third kappa shape index (κ3) is 26.9. The number of hydrogen-bond acceptors (Lipinski definition) is 10. The second kappa shape index (κ2) is 35.3. The molecule has 1 fully saturated rings. The predicted octanol–water partition coefficient (Wildman–Crippen LogP) is 8.98. The van der Waals surface area contributed by atoms with Gasteiger partial charge >= 0.3 is 17.9 Å². The molecule has 1 aliphatic heterocycles. The van der Waals surface area contributed by atoms with E-state index in [0.717, 1.165) is 89.9 Å². The number of esters is 2. The highest BCUT2D eigenvalue weighted by Crippen LogP contribution is 2.23. The number of allylic oxidation sites excluding steroid dienone is 8. The quantitative estimate of drug-likeness (QED) is 0.0275. The molecule has 0 amide bonds. The van der Waals surface area contributed by atoms with Crippen LogP contribution in [0.15, 0.2) is 48.6 Å². The fourth-order valence-corrected chi connectivity index (χ4v) is 6.16. The van der Waals surface area contributed by atoms with Crippen LogP contribution in [0.1, 0.15) is 168 Å². The number of rotatable bonds is 35. The van der Waals surface area contributed by atoms with Crippen LogP contribution in [-0.2, 0) is 33.3 Å². The lowest BCUT2D eigenvalue weighted by Crippen LogP contribution is -2.60. The van der Waals surface area contributed by atoms with Gasteiger partial charge in [-0.1, -0.05) is 133 Å². The Morgan fingerprint density at radius 2 is 1.02 bits per heavy atom. The van der Waals surface area contributed by atoms with Gasteiger partial charge in [0.25, 0.3) is 0 Å². The third-order valence-electron chi connectivity index (χ3n) is 9.65. The Labute approximate surface area is 337 Å². The molecule has 0 aromatic carbocycles. The third-order valence-corrected chi connectivity index (χ3v) is 9.65. The molecule has 0 radical (unpaired) electrons. The Bertz CT molecular complexity index is 1120. The zero-order valence-corrected chi connectivity index (χ0v) is 34.6. The van der Waals surface area contributed by atoms with Crippen molar-refractivity contribution in [1.82, 2.24) is 0 Å². The van der Waals surface area contributed by atoms with Crippen molar-refractivity contribution < 1.29 is 53.8 Å². The van der Waals surface area contributed by atoms with Gasteiger partial charge in [-0.3, -0.25) is 9.59 Å². The molecular formula is C45H76O11. The first-order valence-electron chi connectivity index (χ1n) is 21.7.